The number of allylic oxidation sites excluding steroid dienone is 6. The smallest absolute Gasteiger partial charge is 0.282 e. The van der Waals surface area contributed by atoms with Crippen LogP contribution in [0.25, 0.3) is 0 Å². The molecule has 0 atom stereocenters. The van der Waals surface area contributed by atoms with Gasteiger partial charge in [0, 0.05) is 19.3 Å². The van der Waals surface area contributed by atoms with Crippen molar-refractivity contribution in [2.75, 3.05) is 0 Å². The van der Waals surface area contributed by atoms with Crippen LogP contribution in [-0.4, -0.2) is 16.3 Å². The molecule has 25 heavy (non-hydrogen) atoms. The van der Waals surface area contributed by atoms with Crippen molar-refractivity contribution in [2.45, 2.75) is 84.0 Å². The van der Waals surface area contributed by atoms with E-state index in [1.54, 1.807) is 6.92 Å². The van der Waals surface area contributed by atoms with Gasteiger partial charge in [-0.15, -0.1) is 0 Å². The second kappa shape index (κ2) is 16.9. The van der Waals surface area contributed by atoms with Gasteiger partial charge in [-0.05, 0) is 44.9 Å². The number of hydrogen-bond acceptors (Lipinski definition) is 4. The Labute approximate surface area is 151 Å². The molecule has 0 spiro atoms. The van der Waals surface area contributed by atoms with Crippen LogP contribution in [-0.2, 0) is 4.79 Å². The van der Waals surface area contributed by atoms with Gasteiger partial charge in [-0.2, -0.15) is 0 Å². The van der Waals surface area contributed by atoms with E-state index in [2.05, 4.69) is 24.3 Å². The average molecular weight is 351 g/mol. The normalized spacial score (nSPS) is 12.7. The number of carbonyl (C=O) groups excluding carboxylic acids is 1. The molecule has 1 N–H and O–H groups in total. The van der Waals surface area contributed by atoms with Crippen LogP contribution in [0.3, 0.4) is 0 Å². The van der Waals surface area contributed by atoms with Gasteiger partial charge in [0.05, 0.1) is 4.92 Å². The van der Waals surface area contributed by atoms with E-state index in [9.17, 15) is 20.0 Å². The van der Waals surface area contributed by atoms with Gasteiger partial charge in [0.1, 0.15) is 6.29 Å². The minimum Gasteiger partial charge on any atom is -0.506 e. The van der Waals surface area contributed by atoms with Crippen LogP contribution in [0.15, 0.2) is 35.8 Å². The van der Waals surface area contributed by atoms with Crippen LogP contribution in [0.4, 0.5) is 0 Å². The van der Waals surface area contributed by atoms with Crippen molar-refractivity contribution in [1.82, 2.24) is 0 Å². The molecule has 0 radical (unpaired) electrons. The second-order valence-electron chi connectivity index (χ2n) is 6.09. The summed E-state index contributed by atoms with van der Waals surface area (Å²) in [6.45, 7) is 1.68. The first-order chi connectivity index (χ1) is 12.1. The standard InChI is InChI=1S/C20H33NO4/c1-2-19(21(24)25)20(23)17-15-13-11-9-7-5-3-4-6-8-10-12-14-16-18-22/h3-4,7,9,18,23H,2,5-6,8,10-17H2,1H3/b4-3-,9-7-,20-19-. The van der Waals surface area contributed by atoms with Crippen LogP contribution in [0, 0.1) is 10.1 Å². The molecule has 0 saturated heterocycles. The molecule has 0 saturated carbocycles. The van der Waals surface area contributed by atoms with Crippen LogP contribution in [0.5, 0.6) is 0 Å². The summed E-state index contributed by atoms with van der Waals surface area (Å²) in [5.41, 5.74) is -0.0654. The Bertz CT molecular complexity index is 453. The van der Waals surface area contributed by atoms with Gasteiger partial charge in [-0.25, -0.2) is 0 Å². The highest BCUT2D eigenvalue weighted by Gasteiger charge is 2.14. The number of aldehydes is 1. The Balaban J connectivity index is 3.59. The van der Waals surface area contributed by atoms with E-state index >= 15 is 0 Å². The minimum absolute atomic E-state index is 0.0654. The van der Waals surface area contributed by atoms with E-state index in [1.807, 2.05) is 0 Å². The maximum atomic E-state index is 10.7. The number of aliphatic hydroxyl groups is 1. The fourth-order valence-corrected chi connectivity index (χ4v) is 2.49. The zero-order valence-electron chi connectivity index (χ0n) is 15.5. The van der Waals surface area contributed by atoms with Gasteiger partial charge in [0.2, 0.25) is 0 Å². The predicted octanol–water partition coefficient (Wildman–Crippen LogP) is 6.05. The average Bonchev–Trinajstić information content (AvgIpc) is 2.58. The summed E-state index contributed by atoms with van der Waals surface area (Å²) in [6, 6.07) is 0. The lowest BCUT2D eigenvalue weighted by molar-refractivity contribution is -0.430. The minimum atomic E-state index is -0.493. The van der Waals surface area contributed by atoms with Gasteiger partial charge < -0.3 is 9.90 Å². The Morgan fingerprint density at radius 1 is 0.920 bits per heavy atom. The highest BCUT2D eigenvalue weighted by molar-refractivity contribution is 5.48. The topological polar surface area (TPSA) is 80.4 Å². The van der Waals surface area contributed by atoms with Crippen LogP contribution in [0.2, 0.25) is 0 Å². The maximum absolute atomic E-state index is 10.7. The highest BCUT2D eigenvalue weighted by atomic mass is 16.6. The first-order valence-corrected chi connectivity index (χ1v) is 9.42. The lowest BCUT2D eigenvalue weighted by Crippen LogP contribution is -2.02. The molecule has 0 heterocycles. The number of rotatable bonds is 16. The van der Waals surface area contributed by atoms with E-state index in [-0.39, 0.29) is 17.9 Å². The summed E-state index contributed by atoms with van der Waals surface area (Å²) < 4.78 is 0. The zero-order valence-corrected chi connectivity index (χ0v) is 15.5. The summed E-state index contributed by atoms with van der Waals surface area (Å²) in [7, 11) is 0. The molecule has 0 aromatic heterocycles. The Morgan fingerprint density at radius 3 is 2.00 bits per heavy atom. The quantitative estimate of drug-likeness (QED) is 0.0917. The fourth-order valence-electron chi connectivity index (χ4n) is 2.49. The van der Waals surface area contributed by atoms with Gasteiger partial charge in [0.25, 0.3) is 5.70 Å². The van der Waals surface area contributed by atoms with Gasteiger partial charge in [-0.3, -0.25) is 10.1 Å². The summed E-state index contributed by atoms with van der Waals surface area (Å²) in [4.78, 5) is 20.4. The Kier molecular flexibility index (Phi) is 15.6. The van der Waals surface area contributed by atoms with E-state index in [1.165, 1.54) is 12.8 Å². The summed E-state index contributed by atoms with van der Waals surface area (Å²) in [5.74, 6) is -0.0782. The molecule has 0 rings (SSSR count). The third-order valence-corrected chi connectivity index (χ3v) is 3.97. The molecule has 0 aromatic rings. The number of carbonyl (C=O) groups is 1. The van der Waals surface area contributed by atoms with Crippen molar-refractivity contribution in [3.63, 3.8) is 0 Å². The first-order valence-electron chi connectivity index (χ1n) is 9.42. The summed E-state index contributed by atoms with van der Waals surface area (Å²) in [6.07, 6.45) is 20.1. The number of nitrogens with zero attached hydrogens (tertiary/aromatic N) is 1. The Hall–Kier alpha value is -1.91. The fraction of sp³-hybridized carbons (Fsp3) is 0.650. The highest BCUT2D eigenvalue weighted by Crippen LogP contribution is 2.14. The summed E-state index contributed by atoms with van der Waals surface area (Å²) in [5, 5.41) is 20.4. The van der Waals surface area contributed by atoms with Crippen molar-refractivity contribution in [3.8, 4) is 0 Å². The maximum Gasteiger partial charge on any atom is 0.282 e. The van der Waals surface area contributed by atoms with E-state index in [0.717, 1.165) is 51.2 Å². The number of unbranched alkanes of at least 4 members (excludes halogenated alkanes) is 7. The summed E-state index contributed by atoms with van der Waals surface area (Å²) >= 11 is 0. The molecule has 0 aromatic carbocycles. The molecule has 0 aliphatic rings. The van der Waals surface area contributed by atoms with E-state index in [4.69, 9.17) is 0 Å². The van der Waals surface area contributed by atoms with Crippen molar-refractivity contribution in [1.29, 1.82) is 0 Å². The number of hydrogen-bond donors (Lipinski definition) is 1. The number of aliphatic hydroxyl groups excluding tert-OH is 1. The van der Waals surface area contributed by atoms with Crippen molar-refractivity contribution < 1.29 is 14.8 Å². The number of nitro groups is 1. The SMILES string of the molecule is CC/C(=C(/O)CCCC/C=C\C/C=C\CCCCCCC=O)[N+](=O)[O-]. The molecule has 0 aliphatic heterocycles. The lowest BCUT2D eigenvalue weighted by atomic mass is 10.1. The van der Waals surface area contributed by atoms with E-state index in [0.29, 0.717) is 12.8 Å². The molecule has 5 heteroatoms. The third kappa shape index (κ3) is 14.2. The van der Waals surface area contributed by atoms with Gasteiger partial charge in [0.15, 0.2) is 5.76 Å². The van der Waals surface area contributed by atoms with Crippen LogP contribution < -0.4 is 0 Å². The largest absolute Gasteiger partial charge is 0.506 e. The Morgan fingerprint density at radius 2 is 1.48 bits per heavy atom. The lowest BCUT2D eigenvalue weighted by Gasteiger charge is -2.01. The zero-order chi connectivity index (χ0) is 18.8. The molecular formula is C20H33NO4. The molecule has 142 valence electrons. The monoisotopic (exact) mass is 351 g/mol. The molecule has 5 nitrogen and oxygen atoms in total. The van der Waals surface area contributed by atoms with Gasteiger partial charge >= 0.3 is 0 Å². The van der Waals surface area contributed by atoms with Crippen LogP contribution >= 0.6 is 0 Å². The van der Waals surface area contributed by atoms with Crippen molar-refractivity contribution in [3.05, 3.63) is 45.9 Å². The molecule has 0 fully saturated rings. The molecule has 0 amide bonds. The van der Waals surface area contributed by atoms with Crippen molar-refractivity contribution in [2.24, 2.45) is 0 Å². The predicted molar refractivity (Wildman–Crippen MR) is 102 cm³/mol. The second-order valence-corrected chi connectivity index (χ2v) is 6.09. The third-order valence-electron chi connectivity index (χ3n) is 3.97. The van der Waals surface area contributed by atoms with Crippen molar-refractivity contribution >= 4 is 6.29 Å². The van der Waals surface area contributed by atoms with E-state index < -0.39 is 4.92 Å². The van der Waals surface area contributed by atoms with Crippen LogP contribution in [0.1, 0.15) is 84.0 Å². The van der Waals surface area contributed by atoms with Gasteiger partial charge in [-0.1, -0.05) is 44.1 Å². The molecule has 0 unspecified atom stereocenters. The molecule has 0 aliphatic carbocycles. The molecule has 0 bridgehead atoms. The molecular weight excluding hydrogens is 318 g/mol. The first kappa shape index (κ1) is 23.1.